The maximum Gasteiger partial charge on any atom is 0.320 e. The second kappa shape index (κ2) is 8.90. The maximum absolute atomic E-state index is 13.0. The summed E-state index contributed by atoms with van der Waals surface area (Å²) in [5, 5.41) is 12.8. The first kappa shape index (κ1) is 24.5. The summed E-state index contributed by atoms with van der Waals surface area (Å²) in [6.07, 6.45) is 3.16. The molecule has 6 rings (SSSR count). The molecule has 2 aliphatic rings. The minimum absolute atomic E-state index is 0.0429. The van der Waals surface area contributed by atoms with Crippen molar-refractivity contribution in [1.29, 1.82) is 0 Å². The highest BCUT2D eigenvalue weighted by molar-refractivity contribution is 7.17. The van der Waals surface area contributed by atoms with Crippen LogP contribution in [0.1, 0.15) is 55.4 Å². The van der Waals surface area contributed by atoms with Gasteiger partial charge in [-0.1, -0.05) is 38.5 Å². The Kier molecular flexibility index (Phi) is 5.75. The van der Waals surface area contributed by atoms with Gasteiger partial charge in [-0.3, -0.25) is 10.1 Å². The van der Waals surface area contributed by atoms with E-state index in [0.717, 1.165) is 40.0 Å². The van der Waals surface area contributed by atoms with Gasteiger partial charge in [0.15, 0.2) is 0 Å². The number of nitrogens with one attached hydrogen (secondary N) is 2. The molecule has 2 N–H and O–H groups in total. The molecular weight excluding hydrogens is 498 g/mol. The van der Waals surface area contributed by atoms with Crippen molar-refractivity contribution in [2.24, 2.45) is 5.41 Å². The molecule has 196 valence electrons. The fourth-order valence-corrected chi connectivity index (χ4v) is 6.23. The van der Waals surface area contributed by atoms with Crippen molar-refractivity contribution < 1.29 is 9.59 Å². The van der Waals surface area contributed by atoms with Crippen molar-refractivity contribution in [3.05, 3.63) is 65.1 Å². The van der Waals surface area contributed by atoms with Gasteiger partial charge < -0.3 is 10.2 Å². The van der Waals surface area contributed by atoms with Crippen molar-refractivity contribution in [3.8, 4) is 5.69 Å². The molecule has 1 aromatic carbocycles. The molecule has 1 saturated carbocycles. The lowest BCUT2D eigenvalue weighted by Gasteiger charge is -2.58. The first-order valence-electron chi connectivity index (χ1n) is 12.8. The van der Waals surface area contributed by atoms with Crippen LogP contribution >= 0.6 is 11.3 Å². The highest BCUT2D eigenvalue weighted by Crippen LogP contribution is 2.49. The van der Waals surface area contributed by atoms with E-state index in [0.29, 0.717) is 24.6 Å². The number of likely N-dealkylation sites (tertiary alicyclic amines) is 1. The molecule has 10 heteroatoms. The van der Waals surface area contributed by atoms with E-state index in [1.807, 2.05) is 53.6 Å². The van der Waals surface area contributed by atoms with E-state index in [-0.39, 0.29) is 28.8 Å². The van der Waals surface area contributed by atoms with Gasteiger partial charge in [-0.2, -0.15) is 5.10 Å². The summed E-state index contributed by atoms with van der Waals surface area (Å²) in [6, 6.07) is 11.7. The van der Waals surface area contributed by atoms with Gasteiger partial charge in [0.05, 0.1) is 21.6 Å². The summed E-state index contributed by atoms with van der Waals surface area (Å²) in [7, 11) is 0. The number of amides is 3. The topological polar surface area (TPSA) is 105 Å². The van der Waals surface area contributed by atoms with E-state index in [9.17, 15) is 9.59 Å². The summed E-state index contributed by atoms with van der Waals surface area (Å²) < 4.78 is 2.62. The van der Waals surface area contributed by atoms with Crippen LogP contribution in [0.3, 0.4) is 0 Å². The zero-order valence-electron chi connectivity index (χ0n) is 22.0. The lowest BCUT2D eigenvalue weighted by Crippen LogP contribution is -2.67. The van der Waals surface area contributed by atoms with Crippen LogP contribution < -0.4 is 10.6 Å². The van der Waals surface area contributed by atoms with E-state index in [4.69, 9.17) is 5.10 Å². The number of nitrogens with zero attached hydrogens (tertiary/aromatic N) is 5. The van der Waals surface area contributed by atoms with Gasteiger partial charge in [-0.25, -0.2) is 19.4 Å². The summed E-state index contributed by atoms with van der Waals surface area (Å²) >= 11 is 1.49. The van der Waals surface area contributed by atoms with E-state index in [2.05, 4.69) is 41.4 Å². The average Bonchev–Trinajstić information content (AvgIpc) is 3.47. The van der Waals surface area contributed by atoms with Gasteiger partial charge >= 0.3 is 6.03 Å². The first-order valence-corrected chi connectivity index (χ1v) is 13.7. The second-order valence-corrected chi connectivity index (χ2v) is 12.6. The molecule has 4 aromatic rings. The smallest absolute Gasteiger partial charge is 0.320 e. The van der Waals surface area contributed by atoms with Gasteiger partial charge in [0.2, 0.25) is 0 Å². The summed E-state index contributed by atoms with van der Waals surface area (Å²) in [5.41, 5.74) is 4.17. The van der Waals surface area contributed by atoms with Gasteiger partial charge in [-0.05, 0) is 43.3 Å². The maximum atomic E-state index is 13.0. The van der Waals surface area contributed by atoms with Crippen molar-refractivity contribution in [2.45, 2.75) is 52.0 Å². The Hall–Kier alpha value is -3.79. The van der Waals surface area contributed by atoms with E-state index in [1.54, 1.807) is 4.68 Å². The fraction of sp³-hybridized carbons (Fsp3) is 0.393. The molecule has 3 amide bonds. The third-order valence-corrected chi connectivity index (χ3v) is 8.39. The molecule has 4 heterocycles. The van der Waals surface area contributed by atoms with Crippen LogP contribution in [0.4, 0.5) is 10.6 Å². The summed E-state index contributed by atoms with van der Waals surface area (Å²) in [6.45, 7) is 9.74. The van der Waals surface area contributed by atoms with Gasteiger partial charge in [0.1, 0.15) is 17.8 Å². The van der Waals surface area contributed by atoms with E-state index in [1.165, 1.54) is 17.7 Å². The van der Waals surface area contributed by atoms with Crippen LogP contribution in [0.2, 0.25) is 0 Å². The lowest BCUT2D eigenvalue weighted by atomic mass is 9.60. The summed E-state index contributed by atoms with van der Waals surface area (Å²) in [5.74, 6) is 0.592. The molecule has 2 fully saturated rings. The number of thiophene rings is 1. The molecule has 1 saturated heterocycles. The quantitative estimate of drug-likeness (QED) is 0.391. The standard InChI is InChI=1S/C28H31N7O2S/c1-17-5-7-19(8-6-17)35-22(11-21(33-35)27(2,3)4)32-26(37)31-18-12-28(13-18)14-34(15-28)25(36)23-24-20(9-10-38-24)29-16-30-23/h5-11,16,18H,12-15H2,1-4H3,(H2,31,32,37). The number of hydrogen-bond donors (Lipinski definition) is 2. The van der Waals surface area contributed by atoms with E-state index >= 15 is 0 Å². The molecule has 0 bridgehead atoms. The Morgan fingerprint density at radius 2 is 1.82 bits per heavy atom. The third-order valence-electron chi connectivity index (χ3n) is 7.48. The number of fused-ring (bicyclic) bond motifs is 1. The van der Waals surface area contributed by atoms with Crippen LogP contribution in [0.25, 0.3) is 15.9 Å². The number of aryl methyl sites for hydroxylation is 1. The molecule has 1 spiro atoms. The number of benzene rings is 1. The number of urea groups is 1. The number of aromatic nitrogens is 4. The molecule has 0 atom stereocenters. The molecule has 0 unspecified atom stereocenters. The van der Waals surface area contributed by atoms with Crippen LogP contribution in [-0.2, 0) is 5.41 Å². The van der Waals surface area contributed by atoms with Crippen molar-refractivity contribution in [2.75, 3.05) is 18.4 Å². The van der Waals surface area contributed by atoms with Crippen molar-refractivity contribution in [1.82, 2.24) is 30.0 Å². The average molecular weight is 530 g/mol. The van der Waals surface area contributed by atoms with Crippen molar-refractivity contribution in [3.63, 3.8) is 0 Å². The lowest BCUT2D eigenvalue weighted by molar-refractivity contribution is -0.0584. The molecule has 1 aliphatic heterocycles. The first-order chi connectivity index (χ1) is 18.1. The molecule has 38 heavy (non-hydrogen) atoms. The number of rotatable bonds is 4. The fourth-order valence-electron chi connectivity index (χ4n) is 5.40. The number of carbonyl (C=O) groups is 2. The normalized spacial score (nSPS) is 16.8. The molecular formula is C28H31N7O2S. The Balaban J connectivity index is 1.07. The van der Waals surface area contributed by atoms with Crippen LogP contribution in [0.15, 0.2) is 48.1 Å². The number of carbonyl (C=O) groups excluding carboxylic acids is 2. The number of anilines is 1. The van der Waals surface area contributed by atoms with Crippen LogP contribution in [-0.4, -0.2) is 55.7 Å². The predicted octanol–water partition coefficient (Wildman–Crippen LogP) is 4.91. The zero-order valence-corrected chi connectivity index (χ0v) is 22.8. The molecule has 3 aromatic heterocycles. The highest BCUT2D eigenvalue weighted by Gasteiger charge is 2.54. The van der Waals surface area contributed by atoms with Gasteiger partial charge in [0, 0.05) is 36.0 Å². The van der Waals surface area contributed by atoms with E-state index < -0.39 is 0 Å². The predicted molar refractivity (Wildman–Crippen MR) is 148 cm³/mol. The SMILES string of the molecule is Cc1ccc(-n2nc(C(C)(C)C)cc2NC(=O)NC2CC3(C2)CN(C(=O)c2ncnc4ccsc24)C3)cc1. The largest absolute Gasteiger partial charge is 0.336 e. The minimum atomic E-state index is -0.244. The highest BCUT2D eigenvalue weighted by atomic mass is 32.1. The van der Waals surface area contributed by atoms with Gasteiger partial charge in [0.25, 0.3) is 5.91 Å². The molecule has 9 nitrogen and oxygen atoms in total. The van der Waals surface area contributed by atoms with Crippen molar-refractivity contribution >= 4 is 39.3 Å². The van der Waals surface area contributed by atoms with Crippen LogP contribution in [0.5, 0.6) is 0 Å². The van der Waals surface area contributed by atoms with Crippen LogP contribution in [0, 0.1) is 12.3 Å². The molecule has 0 radical (unpaired) electrons. The second-order valence-electron chi connectivity index (χ2n) is 11.6. The minimum Gasteiger partial charge on any atom is -0.336 e. The Morgan fingerprint density at radius 1 is 1.08 bits per heavy atom. The Labute approximate surface area is 225 Å². The summed E-state index contributed by atoms with van der Waals surface area (Å²) in [4.78, 5) is 36.3. The molecule has 1 aliphatic carbocycles. The zero-order chi connectivity index (χ0) is 26.7. The Bertz CT molecular complexity index is 1520. The Morgan fingerprint density at radius 3 is 2.53 bits per heavy atom. The van der Waals surface area contributed by atoms with Gasteiger partial charge in [-0.15, -0.1) is 11.3 Å². The number of hydrogen-bond acceptors (Lipinski definition) is 6. The third kappa shape index (κ3) is 4.42. The monoisotopic (exact) mass is 529 g/mol.